The summed E-state index contributed by atoms with van der Waals surface area (Å²) in [5, 5.41) is 8.71. The van der Waals surface area contributed by atoms with E-state index in [4.69, 9.17) is 9.84 Å². The summed E-state index contributed by atoms with van der Waals surface area (Å²) >= 11 is 0. The molecule has 1 aliphatic heterocycles. The predicted octanol–water partition coefficient (Wildman–Crippen LogP) is 1.43. The first-order valence-electron chi connectivity index (χ1n) is 3.88. The van der Waals surface area contributed by atoms with Gasteiger partial charge in [-0.25, -0.2) is 4.39 Å². The van der Waals surface area contributed by atoms with Gasteiger partial charge in [-0.1, -0.05) is 0 Å². The Kier molecular flexibility index (Phi) is 2.82. The number of aliphatic hydroxyl groups is 1. The van der Waals surface area contributed by atoms with E-state index in [0.29, 0.717) is 0 Å². The fourth-order valence-electron chi connectivity index (χ4n) is 1.28. The average Bonchev–Trinajstić information content (AvgIpc) is 2.03. The molecule has 0 aromatic rings. The molecule has 1 rings (SSSR count). The SMILES string of the molecule is OC(C(F)(F)F)C1(F)CCOCC1. The highest BCUT2D eigenvalue weighted by atomic mass is 19.4. The first-order chi connectivity index (χ1) is 5.86. The quantitative estimate of drug-likeness (QED) is 0.652. The van der Waals surface area contributed by atoms with E-state index in [1.807, 2.05) is 0 Å². The summed E-state index contributed by atoms with van der Waals surface area (Å²) in [6.45, 7) is -0.159. The van der Waals surface area contributed by atoms with Crippen molar-refractivity contribution in [3.05, 3.63) is 0 Å². The van der Waals surface area contributed by atoms with Gasteiger partial charge in [-0.15, -0.1) is 0 Å². The fourth-order valence-corrected chi connectivity index (χ4v) is 1.28. The van der Waals surface area contributed by atoms with Gasteiger partial charge in [-0.3, -0.25) is 0 Å². The Hall–Kier alpha value is -0.360. The lowest BCUT2D eigenvalue weighted by Crippen LogP contribution is -2.50. The Morgan fingerprint density at radius 1 is 1.23 bits per heavy atom. The molecule has 1 atom stereocenters. The minimum absolute atomic E-state index is 0.0797. The van der Waals surface area contributed by atoms with Crippen molar-refractivity contribution in [3.8, 4) is 0 Å². The van der Waals surface area contributed by atoms with Crippen LogP contribution in [0.2, 0.25) is 0 Å². The average molecular weight is 202 g/mol. The van der Waals surface area contributed by atoms with Crippen molar-refractivity contribution in [2.24, 2.45) is 0 Å². The highest BCUT2D eigenvalue weighted by molar-refractivity contribution is 4.92. The third kappa shape index (κ3) is 2.31. The van der Waals surface area contributed by atoms with Gasteiger partial charge in [-0.05, 0) is 0 Å². The number of aliphatic hydroxyl groups excluding tert-OH is 1. The van der Waals surface area contributed by atoms with Gasteiger partial charge in [0.1, 0.15) is 5.67 Å². The van der Waals surface area contributed by atoms with Crippen molar-refractivity contribution in [1.29, 1.82) is 0 Å². The van der Waals surface area contributed by atoms with Crippen LogP contribution < -0.4 is 0 Å². The van der Waals surface area contributed by atoms with E-state index in [2.05, 4.69) is 0 Å². The predicted molar refractivity (Wildman–Crippen MR) is 36.0 cm³/mol. The molecule has 0 saturated carbocycles. The summed E-state index contributed by atoms with van der Waals surface area (Å²) in [5.74, 6) is 0. The van der Waals surface area contributed by atoms with E-state index in [0.717, 1.165) is 0 Å². The Morgan fingerprint density at radius 2 is 1.69 bits per heavy atom. The van der Waals surface area contributed by atoms with Crippen molar-refractivity contribution in [2.45, 2.75) is 30.8 Å². The minimum Gasteiger partial charge on any atom is -0.381 e. The number of alkyl halides is 4. The molecule has 2 nitrogen and oxygen atoms in total. The Bertz CT molecular complexity index is 174. The molecule has 0 bridgehead atoms. The smallest absolute Gasteiger partial charge is 0.381 e. The lowest BCUT2D eigenvalue weighted by atomic mass is 9.90. The number of rotatable bonds is 1. The van der Waals surface area contributed by atoms with Crippen LogP contribution in [0, 0.1) is 0 Å². The standard InChI is InChI=1S/C7H10F4O2/c8-6(1-3-13-4-2-6)5(12)7(9,10)11/h5,12H,1-4H2. The van der Waals surface area contributed by atoms with Crippen molar-refractivity contribution in [1.82, 2.24) is 0 Å². The molecule has 0 aromatic carbocycles. The molecule has 1 saturated heterocycles. The second kappa shape index (κ2) is 3.42. The van der Waals surface area contributed by atoms with Gasteiger partial charge >= 0.3 is 6.18 Å². The van der Waals surface area contributed by atoms with Gasteiger partial charge in [0.15, 0.2) is 6.10 Å². The molecule has 1 N–H and O–H groups in total. The maximum Gasteiger partial charge on any atom is 0.417 e. The summed E-state index contributed by atoms with van der Waals surface area (Å²) in [6, 6.07) is 0. The van der Waals surface area contributed by atoms with Crippen molar-refractivity contribution in [3.63, 3.8) is 0 Å². The fraction of sp³-hybridized carbons (Fsp3) is 1.00. The first kappa shape index (κ1) is 10.7. The molecule has 0 amide bonds. The van der Waals surface area contributed by atoms with E-state index in [-0.39, 0.29) is 13.2 Å². The van der Waals surface area contributed by atoms with Gasteiger partial charge in [0.25, 0.3) is 0 Å². The third-order valence-corrected chi connectivity index (χ3v) is 2.12. The van der Waals surface area contributed by atoms with Crippen LogP contribution in [0.15, 0.2) is 0 Å². The van der Waals surface area contributed by atoms with Gasteiger partial charge in [0.2, 0.25) is 0 Å². The third-order valence-electron chi connectivity index (χ3n) is 2.12. The second-order valence-corrected chi connectivity index (χ2v) is 3.09. The largest absolute Gasteiger partial charge is 0.417 e. The topological polar surface area (TPSA) is 29.5 Å². The molecule has 1 aliphatic rings. The lowest BCUT2D eigenvalue weighted by Gasteiger charge is -2.34. The van der Waals surface area contributed by atoms with E-state index >= 15 is 0 Å². The molecule has 1 fully saturated rings. The Balaban J connectivity index is 2.67. The highest BCUT2D eigenvalue weighted by Gasteiger charge is 2.54. The van der Waals surface area contributed by atoms with Crippen LogP contribution in [0.1, 0.15) is 12.8 Å². The molecule has 78 valence electrons. The molecule has 0 radical (unpaired) electrons. The summed E-state index contributed by atoms with van der Waals surface area (Å²) in [7, 11) is 0. The molecule has 0 aromatic heterocycles. The lowest BCUT2D eigenvalue weighted by molar-refractivity contribution is -0.251. The van der Waals surface area contributed by atoms with Gasteiger partial charge in [0.05, 0.1) is 0 Å². The van der Waals surface area contributed by atoms with Crippen LogP contribution in [0.25, 0.3) is 0 Å². The number of hydrogen-bond donors (Lipinski definition) is 1. The highest BCUT2D eigenvalue weighted by Crippen LogP contribution is 2.37. The van der Waals surface area contributed by atoms with Crippen molar-refractivity contribution in [2.75, 3.05) is 13.2 Å². The van der Waals surface area contributed by atoms with Gasteiger partial charge in [0, 0.05) is 26.1 Å². The maximum atomic E-state index is 13.4. The van der Waals surface area contributed by atoms with Crippen molar-refractivity contribution < 1.29 is 27.4 Å². The Morgan fingerprint density at radius 3 is 2.08 bits per heavy atom. The van der Waals surface area contributed by atoms with Crippen LogP contribution in [-0.2, 0) is 4.74 Å². The summed E-state index contributed by atoms with van der Waals surface area (Å²) in [6.07, 6.45) is -8.61. The normalized spacial score (nSPS) is 25.6. The van der Waals surface area contributed by atoms with Crippen LogP contribution in [-0.4, -0.2) is 36.3 Å². The molecule has 6 heteroatoms. The van der Waals surface area contributed by atoms with Crippen molar-refractivity contribution >= 4 is 0 Å². The number of halogens is 4. The second-order valence-electron chi connectivity index (χ2n) is 3.09. The zero-order valence-corrected chi connectivity index (χ0v) is 6.77. The molecular formula is C7H10F4O2. The zero-order valence-electron chi connectivity index (χ0n) is 6.77. The van der Waals surface area contributed by atoms with Crippen LogP contribution in [0.4, 0.5) is 17.6 Å². The summed E-state index contributed by atoms with van der Waals surface area (Å²) in [4.78, 5) is 0. The Labute approximate surface area is 72.5 Å². The maximum absolute atomic E-state index is 13.4. The van der Waals surface area contributed by atoms with E-state index in [9.17, 15) is 17.6 Å². The van der Waals surface area contributed by atoms with E-state index in [1.54, 1.807) is 0 Å². The zero-order chi connectivity index (χ0) is 10.1. The van der Waals surface area contributed by atoms with Gasteiger partial charge in [-0.2, -0.15) is 13.2 Å². The minimum atomic E-state index is -4.90. The molecule has 1 heterocycles. The van der Waals surface area contributed by atoms with Crippen LogP contribution in [0.5, 0.6) is 0 Å². The molecule has 0 aliphatic carbocycles. The van der Waals surface area contributed by atoms with Gasteiger partial charge < -0.3 is 9.84 Å². The molecule has 1 unspecified atom stereocenters. The molecule has 13 heavy (non-hydrogen) atoms. The van der Waals surface area contributed by atoms with Crippen LogP contribution in [0.3, 0.4) is 0 Å². The van der Waals surface area contributed by atoms with E-state index in [1.165, 1.54) is 0 Å². The summed E-state index contributed by atoms with van der Waals surface area (Å²) in [5.41, 5.74) is -2.57. The monoisotopic (exact) mass is 202 g/mol. The first-order valence-corrected chi connectivity index (χ1v) is 3.88. The van der Waals surface area contributed by atoms with E-state index < -0.39 is 30.8 Å². The molecule has 0 spiro atoms. The number of hydrogen-bond acceptors (Lipinski definition) is 2. The summed E-state index contributed by atoms with van der Waals surface area (Å²) < 4.78 is 54.0. The molecular weight excluding hydrogens is 192 g/mol. The van der Waals surface area contributed by atoms with Crippen LogP contribution >= 0.6 is 0 Å². The number of ether oxygens (including phenoxy) is 1.